The molecule has 0 aliphatic heterocycles. The first kappa shape index (κ1) is 11.1. The van der Waals surface area contributed by atoms with E-state index in [-0.39, 0.29) is 5.78 Å². The summed E-state index contributed by atoms with van der Waals surface area (Å²) in [5, 5.41) is 0. The molecule has 0 spiro atoms. The maximum atomic E-state index is 11.0. The molecule has 0 heterocycles. The van der Waals surface area contributed by atoms with Crippen molar-refractivity contribution in [1.29, 1.82) is 0 Å². The molecule has 0 saturated heterocycles. The zero-order valence-corrected chi connectivity index (χ0v) is 7.58. The Labute approximate surface area is 73.7 Å². The Bertz CT molecular complexity index is 159. The third-order valence-electron chi connectivity index (χ3n) is 1.53. The Morgan fingerprint density at radius 1 is 1.17 bits per heavy atom. The fraction of sp³-hybridized carbons (Fsp3) is 0.600. The molecule has 0 aromatic carbocycles. The molecule has 0 fully saturated rings. The van der Waals surface area contributed by atoms with Gasteiger partial charge in [-0.3, -0.25) is 4.79 Å². The molecule has 0 amide bonds. The lowest BCUT2D eigenvalue weighted by molar-refractivity contribution is -0.120. The van der Waals surface area contributed by atoms with Gasteiger partial charge in [-0.25, -0.2) is 0 Å². The Balaban J connectivity index is 3.31. The van der Waals surface area contributed by atoms with Crippen LogP contribution in [0, 0.1) is 0 Å². The van der Waals surface area contributed by atoms with Crippen LogP contribution >= 0.6 is 0 Å². The maximum Gasteiger partial charge on any atom is 0.133 e. The first-order valence-electron chi connectivity index (χ1n) is 4.41. The quantitative estimate of drug-likeness (QED) is 0.431. The van der Waals surface area contributed by atoms with Gasteiger partial charge in [-0.2, -0.15) is 0 Å². The highest BCUT2D eigenvalue weighted by Crippen LogP contribution is 1.98. The Kier molecular flexibility index (Phi) is 7.55. The summed E-state index contributed by atoms with van der Waals surface area (Å²) in [6, 6.07) is 0. The number of Topliss-reactive ketones (excluding diaryl/α,β-unsaturated/α-hetero) is 1. The highest BCUT2D eigenvalue weighted by molar-refractivity contribution is 5.80. The van der Waals surface area contributed by atoms with E-state index in [1.807, 2.05) is 12.2 Å². The summed E-state index contributed by atoms with van der Waals surface area (Å²) in [7, 11) is 0. The van der Waals surface area contributed by atoms with Crippen LogP contribution in [-0.4, -0.2) is 12.1 Å². The van der Waals surface area contributed by atoms with Crippen LogP contribution in [0.5, 0.6) is 0 Å². The molecule has 0 unspecified atom stereocenters. The first-order chi connectivity index (χ1) is 5.81. The fourth-order valence-corrected chi connectivity index (χ4v) is 0.874. The van der Waals surface area contributed by atoms with Crippen molar-refractivity contribution in [2.45, 2.75) is 39.0 Å². The summed E-state index contributed by atoms with van der Waals surface area (Å²) in [5.41, 5.74) is 0. The van der Waals surface area contributed by atoms with Gasteiger partial charge in [-0.05, 0) is 12.8 Å². The van der Waals surface area contributed by atoms with Crippen molar-refractivity contribution in [2.24, 2.45) is 0 Å². The van der Waals surface area contributed by atoms with Crippen molar-refractivity contribution in [3.8, 4) is 0 Å². The average Bonchev–Trinajstić information content (AvgIpc) is 2.09. The SMILES string of the molecule is CCC=CCCC(=O)CCC=O. The van der Waals surface area contributed by atoms with E-state index in [1.165, 1.54) is 0 Å². The third kappa shape index (κ3) is 7.19. The monoisotopic (exact) mass is 168 g/mol. The lowest BCUT2D eigenvalue weighted by Crippen LogP contribution is -1.96. The summed E-state index contributed by atoms with van der Waals surface area (Å²) in [6.45, 7) is 2.06. The average molecular weight is 168 g/mol. The molecule has 0 radical (unpaired) electrons. The zero-order chi connectivity index (χ0) is 9.23. The molecule has 0 atom stereocenters. The van der Waals surface area contributed by atoms with E-state index in [2.05, 4.69) is 6.92 Å². The molecule has 0 aliphatic carbocycles. The second kappa shape index (κ2) is 8.18. The van der Waals surface area contributed by atoms with Gasteiger partial charge in [0.1, 0.15) is 12.1 Å². The molecule has 0 aliphatic rings. The van der Waals surface area contributed by atoms with Gasteiger partial charge in [-0.15, -0.1) is 0 Å². The van der Waals surface area contributed by atoms with Gasteiger partial charge < -0.3 is 4.79 Å². The smallest absolute Gasteiger partial charge is 0.133 e. The van der Waals surface area contributed by atoms with E-state index in [9.17, 15) is 9.59 Å². The van der Waals surface area contributed by atoms with Crippen molar-refractivity contribution in [3.05, 3.63) is 12.2 Å². The second-order valence-electron chi connectivity index (χ2n) is 2.66. The highest BCUT2D eigenvalue weighted by Gasteiger charge is 1.98. The third-order valence-corrected chi connectivity index (χ3v) is 1.53. The van der Waals surface area contributed by atoms with Crippen molar-refractivity contribution >= 4 is 12.1 Å². The molecular formula is C10H16O2. The molecule has 0 N–H and O–H groups in total. The standard InChI is InChI=1S/C10H16O2/c1-2-3-4-5-7-10(12)8-6-9-11/h3-4,9H,2,5-8H2,1H3. The molecule has 0 aromatic heterocycles. The number of hydrogen-bond donors (Lipinski definition) is 0. The molecule has 0 rings (SSSR count). The predicted molar refractivity (Wildman–Crippen MR) is 49.0 cm³/mol. The van der Waals surface area contributed by atoms with Gasteiger partial charge in [-0.1, -0.05) is 19.1 Å². The van der Waals surface area contributed by atoms with Crippen LogP contribution < -0.4 is 0 Å². The van der Waals surface area contributed by atoms with Gasteiger partial charge in [0, 0.05) is 19.3 Å². The summed E-state index contributed by atoms with van der Waals surface area (Å²) in [4.78, 5) is 20.9. The van der Waals surface area contributed by atoms with Crippen LogP contribution in [0.2, 0.25) is 0 Å². The molecule has 0 aromatic rings. The van der Waals surface area contributed by atoms with Gasteiger partial charge in [0.25, 0.3) is 0 Å². The molecule has 2 nitrogen and oxygen atoms in total. The number of aldehydes is 1. The topological polar surface area (TPSA) is 34.1 Å². The highest BCUT2D eigenvalue weighted by atomic mass is 16.1. The zero-order valence-electron chi connectivity index (χ0n) is 7.58. The Morgan fingerprint density at radius 3 is 2.42 bits per heavy atom. The van der Waals surface area contributed by atoms with Crippen LogP contribution in [0.3, 0.4) is 0 Å². The number of hydrogen-bond acceptors (Lipinski definition) is 2. The van der Waals surface area contributed by atoms with Gasteiger partial charge in [0.05, 0.1) is 0 Å². The number of rotatable bonds is 7. The number of carbonyl (C=O) groups excluding carboxylic acids is 2. The first-order valence-corrected chi connectivity index (χ1v) is 4.41. The van der Waals surface area contributed by atoms with Crippen molar-refractivity contribution in [1.82, 2.24) is 0 Å². The van der Waals surface area contributed by atoms with Crippen LogP contribution in [0.1, 0.15) is 39.0 Å². The number of carbonyl (C=O) groups is 2. The normalized spacial score (nSPS) is 10.4. The van der Waals surface area contributed by atoms with E-state index in [4.69, 9.17) is 0 Å². The molecule has 12 heavy (non-hydrogen) atoms. The van der Waals surface area contributed by atoms with E-state index in [0.717, 1.165) is 19.1 Å². The summed E-state index contributed by atoms with van der Waals surface area (Å²) in [6.07, 6.45) is 8.03. The largest absolute Gasteiger partial charge is 0.303 e. The molecule has 0 saturated carbocycles. The van der Waals surface area contributed by atoms with Gasteiger partial charge in [0.15, 0.2) is 0 Å². The summed E-state index contributed by atoms with van der Waals surface area (Å²) in [5.74, 6) is 0.183. The van der Waals surface area contributed by atoms with Crippen LogP contribution in [0.15, 0.2) is 12.2 Å². The van der Waals surface area contributed by atoms with Gasteiger partial charge in [0.2, 0.25) is 0 Å². The fourth-order valence-electron chi connectivity index (χ4n) is 0.874. The molecular weight excluding hydrogens is 152 g/mol. The number of allylic oxidation sites excluding steroid dienone is 2. The maximum absolute atomic E-state index is 11.0. The van der Waals surface area contributed by atoms with E-state index in [0.29, 0.717) is 19.3 Å². The van der Waals surface area contributed by atoms with Gasteiger partial charge >= 0.3 is 0 Å². The summed E-state index contributed by atoms with van der Waals surface area (Å²) < 4.78 is 0. The summed E-state index contributed by atoms with van der Waals surface area (Å²) >= 11 is 0. The lowest BCUT2D eigenvalue weighted by atomic mass is 10.1. The Morgan fingerprint density at radius 2 is 1.83 bits per heavy atom. The van der Waals surface area contributed by atoms with E-state index < -0.39 is 0 Å². The van der Waals surface area contributed by atoms with E-state index >= 15 is 0 Å². The molecule has 0 bridgehead atoms. The van der Waals surface area contributed by atoms with Crippen LogP contribution in [0.25, 0.3) is 0 Å². The van der Waals surface area contributed by atoms with Crippen molar-refractivity contribution in [3.63, 3.8) is 0 Å². The minimum Gasteiger partial charge on any atom is -0.303 e. The van der Waals surface area contributed by atoms with Crippen molar-refractivity contribution in [2.75, 3.05) is 0 Å². The number of ketones is 1. The predicted octanol–water partition coefficient (Wildman–Crippen LogP) is 2.28. The lowest BCUT2D eigenvalue weighted by Gasteiger charge is -1.93. The van der Waals surface area contributed by atoms with Crippen molar-refractivity contribution < 1.29 is 9.59 Å². The van der Waals surface area contributed by atoms with Crippen LogP contribution in [0.4, 0.5) is 0 Å². The second-order valence-corrected chi connectivity index (χ2v) is 2.66. The molecule has 68 valence electrons. The minimum atomic E-state index is 0.183. The molecule has 2 heteroatoms. The van der Waals surface area contributed by atoms with Crippen LogP contribution in [-0.2, 0) is 9.59 Å². The van der Waals surface area contributed by atoms with E-state index in [1.54, 1.807) is 0 Å². The minimum absolute atomic E-state index is 0.183. The Hall–Kier alpha value is -0.920.